The highest BCUT2D eigenvalue weighted by atomic mass is 32.2. The zero-order chi connectivity index (χ0) is 24.8. The van der Waals surface area contributed by atoms with Crippen molar-refractivity contribution in [2.45, 2.75) is 44.7 Å². The van der Waals surface area contributed by atoms with Crippen LogP contribution in [0.15, 0.2) is 29.5 Å². The average Bonchev–Trinajstić information content (AvgIpc) is 3.15. The van der Waals surface area contributed by atoms with Gasteiger partial charge < -0.3 is 19.8 Å². The fourth-order valence-corrected chi connectivity index (χ4v) is 4.95. The van der Waals surface area contributed by atoms with Gasteiger partial charge in [-0.05, 0) is 26.8 Å². The van der Waals surface area contributed by atoms with E-state index in [-0.39, 0.29) is 29.8 Å². The molecule has 2 N–H and O–H groups in total. The van der Waals surface area contributed by atoms with Gasteiger partial charge in [-0.3, -0.25) is 24.6 Å². The highest BCUT2D eigenvalue weighted by Gasteiger charge is 2.54. The van der Waals surface area contributed by atoms with E-state index in [2.05, 4.69) is 15.3 Å². The lowest BCUT2D eigenvalue weighted by Crippen LogP contribution is -2.68. The summed E-state index contributed by atoms with van der Waals surface area (Å²) in [5.74, 6) is -0.890. The molecule has 4 rings (SSSR count). The molecular formula is C21H23N5O7S. The molecule has 13 heteroatoms. The number of fused-ring (bicyclic) bond motifs is 2. The summed E-state index contributed by atoms with van der Waals surface area (Å²) in [6.45, 7) is 6.32. The second kappa shape index (κ2) is 8.63. The largest absolute Gasteiger partial charge is 0.461 e. The minimum atomic E-state index is -0.779. The van der Waals surface area contributed by atoms with Gasteiger partial charge in [0.2, 0.25) is 5.95 Å². The molecule has 2 aliphatic rings. The van der Waals surface area contributed by atoms with Crippen LogP contribution in [0.25, 0.3) is 11.0 Å². The lowest BCUT2D eigenvalue weighted by Gasteiger charge is -2.49. The van der Waals surface area contributed by atoms with E-state index in [0.717, 1.165) is 0 Å². The van der Waals surface area contributed by atoms with Gasteiger partial charge in [0.25, 0.3) is 11.6 Å². The third-order valence-electron chi connectivity index (χ3n) is 5.06. The minimum Gasteiger partial charge on any atom is -0.461 e. The summed E-state index contributed by atoms with van der Waals surface area (Å²) in [6, 6.07) is 3.56. The standard InChI is InChI=1S/C21H23N5O7S/c1-10(27)32-8-11-9-34-18-15(17(28)25(18)16(11)19(29)33-21(2,3)4)24-20-22-13-6-5-12(26(30)31)7-14(13)23-20/h5-7,15,18H,8-9H2,1-4H3,(H2,22,23,24)/t15?,18-/m1/s1. The number of carbonyl (C=O) groups is 3. The second-order valence-electron chi connectivity index (χ2n) is 8.81. The van der Waals surface area contributed by atoms with Crippen molar-refractivity contribution in [2.24, 2.45) is 0 Å². The number of amides is 1. The molecule has 2 aromatic rings. The van der Waals surface area contributed by atoms with E-state index in [1.54, 1.807) is 26.8 Å². The van der Waals surface area contributed by atoms with E-state index in [0.29, 0.717) is 22.4 Å². The molecule has 0 bridgehead atoms. The molecule has 1 saturated heterocycles. The van der Waals surface area contributed by atoms with E-state index in [1.165, 1.54) is 35.7 Å². The Morgan fingerprint density at radius 3 is 2.76 bits per heavy atom. The predicted octanol–water partition coefficient (Wildman–Crippen LogP) is 2.33. The van der Waals surface area contributed by atoms with Crippen molar-refractivity contribution in [1.82, 2.24) is 14.9 Å². The number of nitrogens with zero attached hydrogens (tertiary/aromatic N) is 3. The van der Waals surface area contributed by atoms with Gasteiger partial charge in [0.1, 0.15) is 29.3 Å². The van der Waals surface area contributed by atoms with Crippen LogP contribution in [0.1, 0.15) is 27.7 Å². The molecule has 12 nitrogen and oxygen atoms in total. The summed E-state index contributed by atoms with van der Waals surface area (Å²) >= 11 is 1.41. The number of rotatable bonds is 6. The number of nitro groups is 1. The van der Waals surface area contributed by atoms with Crippen LogP contribution in [-0.2, 0) is 23.9 Å². The number of β-lactam (4-membered cyclic amide) rings is 1. The number of anilines is 1. The van der Waals surface area contributed by atoms with Crippen LogP contribution in [0.3, 0.4) is 0 Å². The predicted molar refractivity (Wildman–Crippen MR) is 123 cm³/mol. The molecule has 0 saturated carbocycles. The van der Waals surface area contributed by atoms with Gasteiger partial charge in [-0.25, -0.2) is 9.78 Å². The number of nitrogens with one attached hydrogen (secondary N) is 2. The summed E-state index contributed by atoms with van der Waals surface area (Å²) in [4.78, 5) is 56.5. The van der Waals surface area contributed by atoms with Crippen molar-refractivity contribution < 1.29 is 28.8 Å². The lowest BCUT2D eigenvalue weighted by molar-refractivity contribution is -0.384. The lowest BCUT2D eigenvalue weighted by atomic mass is 10.0. The number of hydrogen-bond donors (Lipinski definition) is 2. The number of ether oxygens (including phenoxy) is 2. The number of esters is 2. The Morgan fingerprint density at radius 1 is 1.38 bits per heavy atom. The fourth-order valence-electron chi connectivity index (χ4n) is 3.62. The quantitative estimate of drug-likeness (QED) is 0.267. The highest BCUT2D eigenvalue weighted by Crippen LogP contribution is 2.42. The first-order valence-electron chi connectivity index (χ1n) is 10.4. The zero-order valence-electron chi connectivity index (χ0n) is 18.9. The number of non-ortho nitro benzene ring substituents is 1. The average molecular weight is 490 g/mol. The fraction of sp³-hybridized carbons (Fsp3) is 0.429. The molecule has 0 spiro atoms. The summed E-state index contributed by atoms with van der Waals surface area (Å²) in [6.07, 6.45) is 0. The number of benzene rings is 1. The van der Waals surface area contributed by atoms with Crippen LogP contribution in [0, 0.1) is 10.1 Å². The van der Waals surface area contributed by atoms with Crippen molar-refractivity contribution in [3.05, 3.63) is 39.6 Å². The smallest absolute Gasteiger partial charge is 0.355 e. The molecule has 0 aliphatic carbocycles. The number of carbonyl (C=O) groups excluding carboxylic acids is 3. The van der Waals surface area contributed by atoms with Gasteiger partial charge >= 0.3 is 11.9 Å². The molecule has 2 atom stereocenters. The van der Waals surface area contributed by atoms with Crippen molar-refractivity contribution in [2.75, 3.05) is 17.7 Å². The van der Waals surface area contributed by atoms with Crippen LogP contribution in [0.5, 0.6) is 0 Å². The molecule has 1 aromatic carbocycles. The molecule has 1 fully saturated rings. The Kier molecular flexibility index (Phi) is 5.98. The SMILES string of the molecule is CC(=O)OCC1=C(C(=O)OC(C)(C)C)N2C(=O)C(Nc3nc4cc([N+](=O)[O-])ccc4[nH]3)[C@H]2SC1. The van der Waals surface area contributed by atoms with E-state index in [4.69, 9.17) is 9.47 Å². The first-order chi connectivity index (χ1) is 15.9. The Morgan fingerprint density at radius 2 is 2.12 bits per heavy atom. The summed E-state index contributed by atoms with van der Waals surface area (Å²) in [5, 5.41) is 13.6. The Balaban J connectivity index is 1.57. The molecule has 180 valence electrons. The molecule has 3 heterocycles. The third kappa shape index (κ3) is 4.55. The number of aromatic nitrogens is 2. The highest BCUT2D eigenvalue weighted by molar-refractivity contribution is 8.00. The molecule has 1 amide bonds. The van der Waals surface area contributed by atoms with Gasteiger partial charge in [-0.15, -0.1) is 11.8 Å². The number of nitro benzene ring substituents is 1. The van der Waals surface area contributed by atoms with Gasteiger partial charge in [0.05, 0.1) is 16.0 Å². The monoisotopic (exact) mass is 489 g/mol. The van der Waals surface area contributed by atoms with Crippen molar-refractivity contribution in [1.29, 1.82) is 0 Å². The maximum absolute atomic E-state index is 13.1. The number of hydrogen-bond acceptors (Lipinski definition) is 10. The molecular weight excluding hydrogens is 466 g/mol. The van der Waals surface area contributed by atoms with Gasteiger partial charge in [-0.1, -0.05) is 0 Å². The topological polar surface area (TPSA) is 157 Å². The normalized spacial score (nSPS) is 20.0. The maximum Gasteiger partial charge on any atom is 0.355 e. The van der Waals surface area contributed by atoms with Gasteiger partial charge in [-0.2, -0.15) is 0 Å². The minimum absolute atomic E-state index is 0.0863. The maximum atomic E-state index is 13.1. The molecule has 0 radical (unpaired) electrons. The van der Waals surface area contributed by atoms with Crippen LogP contribution >= 0.6 is 11.8 Å². The van der Waals surface area contributed by atoms with Crippen LogP contribution in [0.2, 0.25) is 0 Å². The Hall–Kier alpha value is -3.61. The van der Waals surface area contributed by atoms with E-state index in [9.17, 15) is 24.5 Å². The first kappa shape index (κ1) is 23.5. The van der Waals surface area contributed by atoms with E-state index in [1.807, 2.05) is 0 Å². The molecule has 1 aromatic heterocycles. The van der Waals surface area contributed by atoms with Crippen LogP contribution < -0.4 is 5.32 Å². The zero-order valence-corrected chi connectivity index (χ0v) is 19.7. The van der Waals surface area contributed by atoms with Crippen molar-refractivity contribution >= 4 is 52.3 Å². The van der Waals surface area contributed by atoms with Gasteiger partial charge in [0, 0.05) is 30.4 Å². The number of thioether (sulfide) groups is 1. The summed E-state index contributed by atoms with van der Waals surface area (Å²) in [7, 11) is 0. The summed E-state index contributed by atoms with van der Waals surface area (Å²) < 4.78 is 10.6. The molecule has 34 heavy (non-hydrogen) atoms. The van der Waals surface area contributed by atoms with E-state index < -0.39 is 33.9 Å². The Bertz CT molecular complexity index is 1230. The van der Waals surface area contributed by atoms with Crippen molar-refractivity contribution in [3.63, 3.8) is 0 Å². The number of aromatic amines is 1. The molecule has 2 aliphatic heterocycles. The van der Waals surface area contributed by atoms with Crippen LogP contribution in [0.4, 0.5) is 11.6 Å². The van der Waals surface area contributed by atoms with Gasteiger partial charge in [0.15, 0.2) is 0 Å². The Labute approximate surface area is 198 Å². The van der Waals surface area contributed by atoms with E-state index >= 15 is 0 Å². The van der Waals surface area contributed by atoms with Crippen LogP contribution in [-0.4, -0.2) is 67.0 Å². The third-order valence-corrected chi connectivity index (χ3v) is 6.40. The second-order valence-corrected chi connectivity index (χ2v) is 9.92. The number of H-pyrrole nitrogens is 1. The van der Waals surface area contributed by atoms with Crippen molar-refractivity contribution in [3.8, 4) is 0 Å². The summed E-state index contributed by atoms with van der Waals surface area (Å²) in [5.41, 5.74) is 0.670. The molecule has 1 unspecified atom stereocenters. The number of imidazole rings is 1. The first-order valence-corrected chi connectivity index (χ1v) is 11.4.